The van der Waals surface area contributed by atoms with Crippen molar-refractivity contribution in [3.63, 3.8) is 0 Å². The molecule has 32 heavy (non-hydrogen) atoms. The SMILES string of the molecule is CC[C@H](C)NC(=O)c1ccc2c(=O)n(C)c3nnc(SCc4cc(C)ccc4C)n3c2c1. The van der Waals surface area contributed by atoms with Crippen molar-refractivity contribution in [3.05, 3.63) is 69.0 Å². The molecule has 0 aliphatic rings. The maximum atomic E-state index is 12.9. The first-order chi connectivity index (χ1) is 15.3. The quantitative estimate of drug-likeness (QED) is 0.450. The molecule has 8 heteroatoms. The minimum Gasteiger partial charge on any atom is -0.350 e. The predicted molar refractivity (Wildman–Crippen MR) is 128 cm³/mol. The summed E-state index contributed by atoms with van der Waals surface area (Å²) in [7, 11) is 1.69. The zero-order chi connectivity index (χ0) is 23.0. The number of hydrogen-bond acceptors (Lipinski definition) is 5. The van der Waals surface area contributed by atoms with Crippen LogP contribution in [0.2, 0.25) is 0 Å². The fraction of sp³-hybridized carbons (Fsp3) is 0.333. The number of aromatic nitrogens is 4. The van der Waals surface area contributed by atoms with E-state index in [9.17, 15) is 9.59 Å². The van der Waals surface area contributed by atoms with Crippen molar-refractivity contribution in [1.82, 2.24) is 24.5 Å². The van der Waals surface area contributed by atoms with Crippen molar-refractivity contribution in [2.24, 2.45) is 7.05 Å². The zero-order valence-electron chi connectivity index (χ0n) is 19.0. The Kier molecular flexibility index (Phi) is 6.06. The summed E-state index contributed by atoms with van der Waals surface area (Å²) in [6.45, 7) is 8.16. The molecule has 2 aromatic heterocycles. The number of rotatable bonds is 6. The van der Waals surface area contributed by atoms with E-state index in [1.165, 1.54) is 21.3 Å². The second-order valence-electron chi connectivity index (χ2n) is 8.22. The lowest BCUT2D eigenvalue weighted by atomic mass is 10.1. The minimum absolute atomic E-state index is 0.0699. The van der Waals surface area contributed by atoms with Gasteiger partial charge in [0.1, 0.15) is 0 Å². The third kappa shape index (κ3) is 4.02. The summed E-state index contributed by atoms with van der Waals surface area (Å²) in [5.41, 5.74) is 4.63. The average Bonchev–Trinajstić information content (AvgIpc) is 3.21. The highest BCUT2D eigenvalue weighted by atomic mass is 32.2. The number of benzene rings is 2. The van der Waals surface area contributed by atoms with E-state index in [0.717, 1.165) is 12.2 Å². The second kappa shape index (κ2) is 8.78. The Labute approximate surface area is 190 Å². The molecule has 0 saturated heterocycles. The summed E-state index contributed by atoms with van der Waals surface area (Å²) in [5.74, 6) is 1.02. The van der Waals surface area contributed by atoms with E-state index in [-0.39, 0.29) is 17.5 Å². The van der Waals surface area contributed by atoms with Crippen LogP contribution in [-0.2, 0) is 12.8 Å². The zero-order valence-corrected chi connectivity index (χ0v) is 19.8. The lowest BCUT2D eigenvalue weighted by molar-refractivity contribution is 0.0939. The summed E-state index contributed by atoms with van der Waals surface area (Å²) < 4.78 is 3.36. The first-order valence-electron chi connectivity index (χ1n) is 10.7. The maximum absolute atomic E-state index is 12.9. The van der Waals surface area contributed by atoms with Gasteiger partial charge in [-0.05, 0) is 56.5 Å². The lowest BCUT2D eigenvalue weighted by Gasteiger charge is -2.13. The van der Waals surface area contributed by atoms with Gasteiger partial charge < -0.3 is 5.32 Å². The largest absolute Gasteiger partial charge is 0.350 e. The molecule has 2 heterocycles. The molecule has 1 atom stereocenters. The molecule has 7 nitrogen and oxygen atoms in total. The smallest absolute Gasteiger partial charge is 0.262 e. The highest BCUT2D eigenvalue weighted by Gasteiger charge is 2.18. The molecule has 2 aromatic carbocycles. The van der Waals surface area contributed by atoms with Crippen LogP contribution < -0.4 is 10.9 Å². The molecule has 4 aromatic rings. The monoisotopic (exact) mass is 449 g/mol. The highest BCUT2D eigenvalue weighted by molar-refractivity contribution is 7.98. The summed E-state index contributed by atoms with van der Waals surface area (Å²) in [6.07, 6.45) is 0.842. The van der Waals surface area contributed by atoms with Crippen LogP contribution in [0, 0.1) is 13.8 Å². The molecule has 0 radical (unpaired) electrons. The Morgan fingerprint density at radius 1 is 1.16 bits per heavy atom. The van der Waals surface area contributed by atoms with E-state index in [2.05, 4.69) is 47.6 Å². The molecule has 0 unspecified atom stereocenters. The van der Waals surface area contributed by atoms with Crippen LogP contribution in [0.15, 0.2) is 46.3 Å². The lowest BCUT2D eigenvalue weighted by Crippen LogP contribution is -2.32. The third-order valence-corrected chi connectivity index (χ3v) is 6.78. The van der Waals surface area contributed by atoms with Crippen molar-refractivity contribution in [1.29, 1.82) is 0 Å². The summed E-state index contributed by atoms with van der Waals surface area (Å²) in [6, 6.07) is 11.6. The number of thioether (sulfide) groups is 1. The van der Waals surface area contributed by atoms with Crippen LogP contribution in [-0.4, -0.2) is 31.1 Å². The summed E-state index contributed by atoms with van der Waals surface area (Å²) in [5, 5.41) is 12.8. The van der Waals surface area contributed by atoms with Gasteiger partial charge in [0, 0.05) is 24.4 Å². The fourth-order valence-electron chi connectivity index (χ4n) is 3.60. The molecule has 0 saturated carbocycles. The van der Waals surface area contributed by atoms with Crippen LogP contribution in [0.1, 0.15) is 47.3 Å². The van der Waals surface area contributed by atoms with Gasteiger partial charge in [0.15, 0.2) is 5.16 Å². The molecule has 1 amide bonds. The Morgan fingerprint density at radius 3 is 2.69 bits per heavy atom. The molecule has 1 N–H and O–H groups in total. The molecule has 0 spiro atoms. The topological polar surface area (TPSA) is 81.3 Å². The van der Waals surface area contributed by atoms with Crippen LogP contribution >= 0.6 is 11.8 Å². The van der Waals surface area contributed by atoms with Crippen molar-refractivity contribution in [3.8, 4) is 0 Å². The van der Waals surface area contributed by atoms with E-state index in [1.54, 1.807) is 37.0 Å². The third-order valence-electron chi connectivity index (χ3n) is 5.80. The van der Waals surface area contributed by atoms with Crippen molar-refractivity contribution in [2.75, 3.05) is 0 Å². The van der Waals surface area contributed by atoms with Gasteiger partial charge in [-0.1, -0.05) is 42.4 Å². The normalized spacial score (nSPS) is 12.4. The molecule has 0 aliphatic carbocycles. The molecule has 166 valence electrons. The summed E-state index contributed by atoms with van der Waals surface area (Å²) in [4.78, 5) is 25.6. The van der Waals surface area contributed by atoms with Gasteiger partial charge in [0.05, 0.1) is 10.9 Å². The molecule has 0 aliphatic heterocycles. The number of nitrogens with one attached hydrogen (secondary N) is 1. The van der Waals surface area contributed by atoms with Crippen molar-refractivity contribution < 1.29 is 4.79 Å². The van der Waals surface area contributed by atoms with Crippen LogP contribution in [0.3, 0.4) is 0 Å². The second-order valence-corrected chi connectivity index (χ2v) is 9.16. The molecule has 0 fully saturated rings. The van der Waals surface area contributed by atoms with Gasteiger partial charge in [0.2, 0.25) is 5.78 Å². The van der Waals surface area contributed by atoms with Gasteiger partial charge in [-0.25, -0.2) is 0 Å². The van der Waals surface area contributed by atoms with Crippen LogP contribution in [0.4, 0.5) is 0 Å². The van der Waals surface area contributed by atoms with E-state index >= 15 is 0 Å². The number of nitrogens with zero attached hydrogens (tertiary/aromatic N) is 4. The van der Waals surface area contributed by atoms with Crippen LogP contribution in [0.5, 0.6) is 0 Å². The number of hydrogen-bond donors (Lipinski definition) is 1. The van der Waals surface area contributed by atoms with Gasteiger partial charge in [-0.3, -0.25) is 18.6 Å². The van der Waals surface area contributed by atoms with Gasteiger partial charge in [-0.2, -0.15) is 0 Å². The first kappa shape index (κ1) is 22.1. The highest BCUT2D eigenvalue weighted by Crippen LogP contribution is 2.26. The van der Waals surface area contributed by atoms with Crippen LogP contribution in [0.25, 0.3) is 16.7 Å². The van der Waals surface area contributed by atoms with Gasteiger partial charge >= 0.3 is 0 Å². The number of carbonyl (C=O) groups is 1. The van der Waals surface area contributed by atoms with E-state index in [1.807, 2.05) is 18.2 Å². The Hall–Kier alpha value is -3.13. The van der Waals surface area contributed by atoms with Crippen molar-refractivity contribution in [2.45, 2.75) is 51.1 Å². The Bertz CT molecular complexity index is 1390. The fourth-order valence-corrected chi connectivity index (χ4v) is 4.60. The Balaban J connectivity index is 1.81. The summed E-state index contributed by atoms with van der Waals surface area (Å²) >= 11 is 1.56. The first-order valence-corrected chi connectivity index (χ1v) is 11.7. The molecular weight excluding hydrogens is 422 g/mol. The number of carbonyl (C=O) groups excluding carboxylic acids is 1. The van der Waals surface area contributed by atoms with Crippen molar-refractivity contribution >= 4 is 34.3 Å². The standard InChI is InChI=1S/C24H27N5O2S/c1-6-16(4)25-21(30)17-9-10-19-20(12-17)29-23(28(5)22(19)31)26-27-24(29)32-13-18-11-14(2)7-8-15(18)3/h7-12,16H,6,13H2,1-5H3,(H,25,30)/t16-/m0/s1. The average molecular weight is 450 g/mol. The minimum atomic E-state index is -0.167. The van der Waals surface area contributed by atoms with Gasteiger partial charge in [0.25, 0.3) is 11.5 Å². The number of aryl methyl sites for hydroxylation is 3. The van der Waals surface area contributed by atoms with E-state index in [4.69, 9.17) is 0 Å². The number of fused-ring (bicyclic) bond motifs is 3. The molecule has 4 rings (SSSR count). The maximum Gasteiger partial charge on any atom is 0.262 e. The van der Waals surface area contributed by atoms with E-state index < -0.39 is 0 Å². The number of amides is 1. The van der Waals surface area contributed by atoms with Gasteiger partial charge in [-0.15, -0.1) is 10.2 Å². The predicted octanol–water partition coefficient (Wildman–Crippen LogP) is 4.02. The van der Waals surface area contributed by atoms with E-state index in [0.29, 0.717) is 27.4 Å². The Morgan fingerprint density at radius 2 is 1.94 bits per heavy atom. The molecule has 0 bridgehead atoms. The molecular formula is C24H27N5O2S.